The summed E-state index contributed by atoms with van der Waals surface area (Å²) in [4.78, 5) is 16.5. The van der Waals surface area contributed by atoms with Gasteiger partial charge in [-0.2, -0.15) is 0 Å². The van der Waals surface area contributed by atoms with E-state index in [2.05, 4.69) is 26.9 Å². The number of anilines is 2. The third-order valence-corrected chi connectivity index (χ3v) is 7.05. The zero-order valence-electron chi connectivity index (χ0n) is 20.5. The summed E-state index contributed by atoms with van der Waals surface area (Å²) in [5.74, 6) is -0.00165. The number of rotatable bonds is 6. The molecule has 1 aliphatic rings. The highest BCUT2D eigenvalue weighted by atomic mass is 19.1. The van der Waals surface area contributed by atoms with E-state index in [0.717, 1.165) is 47.9 Å². The van der Waals surface area contributed by atoms with Crippen LogP contribution in [0.1, 0.15) is 18.4 Å². The molecule has 3 aromatic carbocycles. The fraction of sp³-hybridized carbons (Fsp3) is 0.241. The van der Waals surface area contributed by atoms with Gasteiger partial charge in [-0.05, 0) is 68.4 Å². The normalized spacial score (nSPS) is 14.9. The Morgan fingerprint density at radius 3 is 2.59 bits per heavy atom. The third kappa shape index (κ3) is 4.60. The molecule has 1 N–H and O–H groups in total. The number of likely N-dealkylation sites (tertiary alicyclic amines) is 1. The number of piperidine rings is 1. The number of nitrogens with one attached hydrogen (secondary N) is 1. The van der Waals surface area contributed by atoms with E-state index >= 15 is 0 Å². The second-order valence-electron chi connectivity index (χ2n) is 9.50. The lowest BCUT2D eigenvalue weighted by molar-refractivity contribution is 0.116. The first kappa shape index (κ1) is 23.4. The Kier molecular flexibility index (Phi) is 6.18. The Labute approximate surface area is 213 Å². The number of hydrogen-bond donors (Lipinski definition) is 1. The van der Waals surface area contributed by atoms with E-state index in [1.54, 1.807) is 0 Å². The Balaban J connectivity index is 1.50. The molecule has 2 aromatic heterocycles. The molecule has 0 unspecified atom stereocenters. The topological polar surface area (TPSA) is 57.3 Å². The lowest BCUT2D eigenvalue weighted by Gasteiger charge is -2.30. The molecule has 37 heavy (non-hydrogen) atoms. The molecule has 5 aromatic rings. The van der Waals surface area contributed by atoms with Crippen LogP contribution in [0.25, 0.3) is 21.8 Å². The fourth-order valence-electron chi connectivity index (χ4n) is 4.99. The highest BCUT2D eigenvalue weighted by molar-refractivity contribution is 5.97. The molecule has 0 radical (unpaired) electrons. The lowest BCUT2D eigenvalue weighted by Crippen LogP contribution is -2.35. The predicted octanol–water partition coefficient (Wildman–Crippen LogP) is 6.20. The predicted molar refractivity (Wildman–Crippen MR) is 141 cm³/mol. The van der Waals surface area contributed by atoms with E-state index < -0.39 is 11.6 Å². The average molecular weight is 500 g/mol. The van der Waals surface area contributed by atoms with Crippen LogP contribution in [0.4, 0.5) is 20.3 Å². The minimum atomic E-state index is -0.603. The Hall–Kier alpha value is -4.04. The van der Waals surface area contributed by atoms with Crippen molar-refractivity contribution in [2.75, 3.05) is 25.0 Å². The summed E-state index contributed by atoms with van der Waals surface area (Å²) >= 11 is 0. The molecule has 0 spiro atoms. The van der Waals surface area contributed by atoms with Crippen LogP contribution in [0.2, 0.25) is 0 Å². The van der Waals surface area contributed by atoms with Gasteiger partial charge in [0.25, 0.3) is 0 Å². The monoisotopic (exact) mass is 499 g/mol. The number of fused-ring (bicyclic) bond motifs is 2. The first-order valence-corrected chi connectivity index (χ1v) is 12.4. The summed E-state index contributed by atoms with van der Waals surface area (Å²) in [6.45, 7) is 1.88. The van der Waals surface area contributed by atoms with E-state index in [1.165, 1.54) is 24.5 Å². The summed E-state index contributed by atoms with van der Waals surface area (Å²) in [5.41, 5.74) is 2.40. The maximum absolute atomic E-state index is 14.8. The van der Waals surface area contributed by atoms with Gasteiger partial charge in [-0.25, -0.2) is 18.7 Å². The minimum Gasteiger partial charge on any atom is -0.489 e. The molecular formula is C29H27F2N5O. The third-order valence-electron chi connectivity index (χ3n) is 7.05. The van der Waals surface area contributed by atoms with Crippen molar-refractivity contribution in [2.45, 2.75) is 25.5 Å². The number of H-pyrrole nitrogens is 1. The van der Waals surface area contributed by atoms with Crippen LogP contribution in [-0.4, -0.2) is 46.1 Å². The summed E-state index contributed by atoms with van der Waals surface area (Å²) in [5, 5.41) is 1.70. The largest absolute Gasteiger partial charge is 0.489 e. The van der Waals surface area contributed by atoms with Gasteiger partial charge in [0.15, 0.2) is 0 Å². The maximum atomic E-state index is 14.8. The second kappa shape index (κ2) is 9.78. The van der Waals surface area contributed by atoms with Crippen molar-refractivity contribution in [2.24, 2.45) is 0 Å². The average Bonchev–Trinajstić information content (AvgIpc) is 3.38. The number of nitrogens with zero attached hydrogens (tertiary/aromatic N) is 4. The van der Waals surface area contributed by atoms with Crippen LogP contribution in [0.15, 0.2) is 73.2 Å². The minimum absolute atomic E-state index is 0.0304. The number of halogens is 2. The van der Waals surface area contributed by atoms with Gasteiger partial charge >= 0.3 is 0 Å². The van der Waals surface area contributed by atoms with Crippen LogP contribution in [0, 0.1) is 11.6 Å². The molecule has 1 aliphatic heterocycles. The Morgan fingerprint density at radius 1 is 1.00 bits per heavy atom. The van der Waals surface area contributed by atoms with Gasteiger partial charge in [-0.15, -0.1) is 0 Å². The molecule has 1 fully saturated rings. The number of hydrogen-bond acceptors (Lipinski definition) is 5. The highest BCUT2D eigenvalue weighted by Gasteiger charge is 2.24. The Morgan fingerprint density at radius 2 is 1.78 bits per heavy atom. The van der Waals surface area contributed by atoms with Crippen LogP contribution < -0.4 is 9.64 Å². The molecule has 3 heterocycles. The van der Waals surface area contributed by atoms with Gasteiger partial charge in [0.2, 0.25) is 0 Å². The molecular weight excluding hydrogens is 472 g/mol. The van der Waals surface area contributed by atoms with Gasteiger partial charge in [0.05, 0.1) is 17.4 Å². The van der Waals surface area contributed by atoms with E-state index in [4.69, 9.17) is 4.74 Å². The van der Waals surface area contributed by atoms with Gasteiger partial charge in [0.1, 0.15) is 35.6 Å². The van der Waals surface area contributed by atoms with Gasteiger partial charge in [0, 0.05) is 41.4 Å². The SMILES string of the molecule is CN1CCC(Oc2cccc3ncnc(N(Cc4c(F)cccc4F)c4ccc5[nH]ccc5c4)c23)CC1. The summed E-state index contributed by atoms with van der Waals surface area (Å²) < 4.78 is 36.2. The summed E-state index contributed by atoms with van der Waals surface area (Å²) in [7, 11) is 2.11. The number of aromatic amines is 1. The van der Waals surface area contributed by atoms with Crippen LogP contribution in [0.5, 0.6) is 5.75 Å². The zero-order chi connectivity index (χ0) is 25.4. The van der Waals surface area contributed by atoms with Gasteiger partial charge in [-0.1, -0.05) is 12.1 Å². The van der Waals surface area contributed by atoms with Crippen molar-refractivity contribution >= 4 is 33.3 Å². The molecule has 0 amide bonds. The van der Waals surface area contributed by atoms with Crippen molar-refractivity contribution in [1.82, 2.24) is 19.9 Å². The van der Waals surface area contributed by atoms with Crippen molar-refractivity contribution in [3.8, 4) is 5.75 Å². The maximum Gasteiger partial charge on any atom is 0.148 e. The number of benzene rings is 3. The van der Waals surface area contributed by atoms with E-state index in [9.17, 15) is 8.78 Å². The van der Waals surface area contributed by atoms with E-state index in [-0.39, 0.29) is 18.2 Å². The molecule has 0 aliphatic carbocycles. The molecule has 8 heteroatoms. The smallest absolute Gasteiger partial charge is 0.148 e. The van der Waals surface area contributed by atoms with Crippen LogP contribution in [-0.2, 0) is 6.54 Å². The molecule has 0 saturated carbocycles. The van der Waals surface area contributed by atoms with E-state index in [1.807, 2.05) is 53.6 Å². The molecule has 188 valence electrons. The fourth-order valence-corrected chi connectivity index (χ4v) is 4.99. The standard InChI is InChI=1S/C29H27F2N5O/c1-35-14-11-21(12-15-35)37-27-7-3-6-26-28(27)29(34-18-33-26)36(17-22-23(30)4-2-5-24(22)31)20-8-9-25-19(16-20)10-13-32-25/h2-10,13,16,18,21,32H,11-12,14-15,17H2,1H3. The summed E-state index contributed by atoms with van der Waals surface area (Å²) in [6.07, 6.45) is 5.26. The molecule has 0 bridgehead atoms. The first-order valence-electron chi connectivity index (χ1n) is 12.4. The second-order valence-corrected chi connectivity index (χ2v) is 9.50. The van der Waals surface area contributed by atoms with Gasteiger partial charge in [-0.3, -0.25) is 0 Å². The molecule has 6 rings (SSSR count). The van der Waals surface area contributed by atoms with Crippen LogP contribution >= 0.6 is 0 Å². The molecule has 0 atom stereocenters. The first-order chi connectivity index (χ1) is 18.1. The lowest BCUT2D eigenvalue weighted by atomic mass is 10.1. The van der Waals surface area contributed by atoms with Crippen molar-refractivity contribution in [1.29, 1.82) is 0 Å². The van der Waals surface area contributed by atoms with Gasteiger partial charge < -0.3 is 19.5 Å². The van der Waals surface area contributed by atoms with Crippen molar-refractivity contribution < 1.29 is 13.5 Å². The quantitative estimate of drug-likeness (QED) is 0.301. The molecule has 6 nitrogen and oxygen atoms in total. The highest BCUT2D eigenvalue weighted by Crippen LogP contribution is 2.38. The summed E-state index contributed by atoms with van der Waals surface area (Å²) in [6, 6.07) is 17.5. The van der Waals surface area contributed by atoms with E-state index in [0.29, 0.717) is 17.1 Å². The van der Waals surface area contributed by atoms with Crippen LogP contribution in [0.3, 0.4) is 0 Å². The number of ether oxygens (including phenoxy) is 1. The zero-order valence-corrected chi connectivity index (χ0v) is 20.5. The number of aromatic nitrogens is 3. The Bertz CT molecular complexity index is 1540. The van der Waals surface area contributed by atoms with Crippen molar-refractivity contribution in [3.63, 3.8) is 0 Å². The van der Waals surface area contributed by atoms with Crippen molar-refractivity contribution in [3.05, 3.63) is 90.4 Å². The molecule has 1 saturated heterocycles.